The normalized spacial score (nSPS) is 17.1. The summed E-state index contributed by atoms with van der Waals surface area (Å²) in [7, 11) is -2.51. The van der Waals surface area contributed by atoms with Crippen LogP contribution in [0.25, 0.3) is 0 Å². The number of likely N-dealkylation sites (tertiary alicyclic amines) is 1. The molecule has 0 bridgehead atoms. The molecule has 1 aliphatic heterocycles. The summed E-state index contributed by atoms with van der Waals surface area (Å²) in [5.41, 5.74) is 3.93. The van der Waals surface area contributed by atoms with Crippen LogP contribution in [0.2, 0.25) is 5.02 Å². The fourth-order valence-corrected chi connectivity index (χ4v) is 7.03. The summed E-state index contributed by atoms with van der Waals surface area (Å²) in [6.45, 7) is 2.56. The maximum atomic E-state index is 15.5. The lowest BCUT2D eigenvalue weighted by molar-refractivity contribution is 0.328. The molecule has 11 heteroatoms. The first kappa shape index (κ1) is 27.5. The standard InChI is InChI=1S/C28H28ClFN4O3S2/c1-37-23-9-7-21(8-10-23)16-34(28-18-38-19-31-28)39(35,36)27-13-24(29)26(14-25(27)30)32-22-11-12-33(17-22)15-20-5-3-2-4-6-20/h2-10,13-14,18-19,22,32H,11-12,15-17H2,1H3/p+1/t22-/m0/s1. The maximum Gasteiger partial charge on any atom is 0.353 e. The van der Waals surface area contributed by atoms with E-state index in [0.717, 1.165) is 31.6 Å². The summed E-state index contributed by atoms with van der Waals surface area (Å²) in [5.74, 6) is 0.115. The van der Waals surface area contributed by atoms with Crippen LogP contribution in [0.3, 0.4) is 0 Å². The quantitative estimate of drug-likeness (QED) is 0.204. The van der Waals surface area contributed by atoms with Crippen LogP contribution in [-0.2, 0) is 27.7 Å². The van der Waals surface area contributed by atoms with Crippen molar-refractivity contribution in [2.45, 2.75) is 30.4 Å². The van der Waals surface area contributed by atoms with Gasteiger partial charge in [0.05, 0.1) is 29.9 Å². The van der Waals surface area contributed by atoms with Crippen molar-refractivity contribution in [2.24, 2.45) is 0 Å². The van der Waals surface area contributed by atoms with Crippen molar-refractivity contribution in [3.8, 4) is 5.75 Å². The van der Waals surface area contributed by atoms with Crippen molar-refractivity contribution in [1.29, 1.82) is 0 Å². The molecule has 204 valence electrons. The number of halogens is 2. The highest BCUT2D eigenvalue weighted by Gasteiger charge is 2.43. The molecule has 2 atom stereocenters. The minimum Gasteiger partial charge on any atom is -0.497 e. The van der Waals surface area contributed by atoms with Gasteiger partial charge in [0, 0.05) is 43.2 Å². The van der Waals surface area contributed by atoms with E-state index in [-0.39, 0.29) is 23.4 Å². The summed E-state index contributed by atoms with van der Waals surface area (Å²) in [5, 5.41) is 5.15. The molecule has 7 nitrogen and oxygen atoms in total. The van der Waals surface area contributed by atoms with Crippen LogP contribution in [-0.4, -0.2) is 40.7 Å². The smallest absolute Gasteiger partial charge is 0.353 e. The monoisotopic (exact) mass is 587 g/mol. The molecule has 1 fully saturated rings. The summed E-state index contributed by atoms with van der Waals surface area (Å²) < 4.78 is 47.1. The van der Waals surface area contributed by atoms with E-state index in [1.165, 1.54) is 33.3 Å². The number of benzene rings is 3. The molecule has 5 rings (SSSR count). The fourth-order valence-electron chi connectivity index (χ4n) is 4.64. The third kappa shape index (κ3) is 6.42. The number of anilines is 2. The number of hydrogen-bond acceptors (Lipinski definition) is 6. The third-order valence-electron chi connectivity index (χ3n) is 6.65. The van der Waals surface area contributed by atoms with E-state index in [1.807, 2.05) is 18.2 Å². The highest BCUT2D eigenvalue weighted by atomic mass is 35.5. The predicted molar refractivity (Wildman–Crippen MR) is 155 cm³/mol. The number of nitrogens with zero attached hydrogens (tertiary/aromatic N) is 3. The van der Waals surface area contributed by atoms with Gasteiger partial charge < -0.3 is 10.1 Å². The molecule has 1 aromatic heterocycles. The average Bonchev–Trinajstić information content (AvgIpc) is 3.62. The first-order valence-corrected chi connectivity index (χ1v) is 15.2. The van der Waals surface area contributed by atoms with Crippen LogP contribution in [0.15, 0.2) is 82.5 Å². The molecule has 2 heterocycles. The number of ether oxygens (including phenoxy) is 1. The van der Waals surface area contributed by atoms with Crippen molar-refractivity contribution in [1.82, 2.24) is 9.88 Å². The lowest BCUT2D eigenvalue weighted by Crippen LogP contribution is -2.36. The fraction of sp³-hybridized carbons (Fsp3) is 0.250. The van der Waals surface area contributed by atoms with Crippen molar-refractivity contribution >= 4 is 44.8 Å². The minimum absolute atomic E-state index is 0.0272. The van der Waals surface area contributed by atoms with Crippen molar-refractivity contribution in [3.63, 3.8) is 0 Å². The first-order valence-electron chi connectivity index (χ1n) is 12.4. The second-order valence-electron chi connectivity index (χ2n) is 9.34. The zero-order valence-corrected chi connectivity index (χ0v) is 23.7. The first-order chi connectivity index (χ1) is 18.8. The lowest BCUT2D eigenvalue weighted by Gasteiger charge is -2.21. The van der Waals surface area contributed by atoms with Gasteiger partial charge in [-0.05, 0) is 33.9 Å². The molecule has 0 spiro atoms. The molecule has 0 aliphatic carbocycles. The predicted octanol–water partition coefficient (Wildman–Crippen LogP) is 6.58. The second-order valence-corrected chi connectivity index (χ2v) is 12.3. The number of thiazole rings is 1. The van der Waals surface area contributed by atoms with Gasteiger partial charge in [0.1, 0.15) is 5.75 Å². The van der Waals surface area contributed by atoms with Crippen LogP contribution in [0, 0.1) is 5.82 Å². The highest BCUT2D eigenvalue weighted by molar-refractivity contribution is 7.99. The lowest BCUT2D eigenvalue weighted by atomic mass is 10.2. The molecule has 1 aliphatic rings. The van der Waals surface area contributed by atoms with Gasteiger partial charge in [-0.2, -0.15) is 4.55 Å². The topological polar surface area (TPSA) is 77.9 Å². The summed E-state index contributed by atoms with van der Waals surface area (Å²) >= 11 is 7.83. The summed E-state index contributed by atoms with van der Waals surface area (Å²) in [6.07, 6.45) is 0.878. The van der Waals surface area contributed by atoms with Gasteiger partial charge in [0.2, 0.25) is 0 Å². The number of hydrogen-bond donors (Lipinski definition) is 2. The van der Waals surface area contributed by atoms with E-state index in [0.29, 0.717) is 11.4 Å². The number of methoxy groups -OCH3 is 1. The van der Waals surface area contributed by atoms with Crippen LogP contribution < -0.4 is 14.4 Å². The van der Waals surface area contributed by atoms with Gasteiger partial charge in [0.25, 0.3) is 4.90 Å². The molecule has 0 saturated carbocycles. The Morgan fingerprint density at radius 1 is 1.21 bits per heavy atom. The van der Waals surface area contributed by atoms with E-state index >= 15 is 4.39 Å². The van der Waals surface area contributed by atoms with E-state index in [4.69, 9.17) is 16.3 Å². The molecule has 3 aromatic carbocycles. The molecular formula is C28H29ClFN4O3S2+. The Labute approximate surface area is 237 Å². The van der Waals surface area contributed by atoms with Crippen molar-refractivity contribution in [2.75, 3.05) is 29.8 Å². The zero-order chi connectivity index (χ0) is 27.4. The van der Waals surface area contributed by atoms with Crippen LogP contribution in [0.4, 0.5) is 15.9 Å². The second kappa shape index (κ2) is 12.0. The molecule has 0 radical (unpaired) electrons. The van der Waals surface area contributed by atoms with E-state index in [1.54, 1.807) is 42.3 Å². The van der Waals surface area contributed by atoms with E-state index in [2.05, 4.69) is 27.3 Å². The van der Waals surface area contributed by atoms with Crippen LogP contribution >= 0.6 is 22.9 Å². The van der Waals surface area contributed by atoms with Gasteiger partial charge in [-0.25, -0.2) is 9.37 Å². The average molecular weight is 588 g/mol. The number of aromatic nitrogens is 1. The van der Waals surface area contributed by atoms with Crippen LogP contribution in [0.5, 0.6) is 5.75 Å². The molecule has 1 saturated heterocycles. The molecule has 2 N–H and O–H groups in total. The zero-order valence-electron chi connectivity index (χ0n) is 21.3. The Hall–Kier alpha value is -3.02. The van der Waals surface area contributed by atoms with Crippen LogP contribution in [0.1, 0.15) is 17.5 Å². The van der Waals surface area contributed by atoms with Gasteiger partial charge >= 0.3 is 10.4 Å². The highest BCUT2D eigenvalue weighted by Crippen LogP contribution is 2.36. The van der Waals surface area contributed by atoms with E-state index < -0.39 is 21.1 Å². The Kier molecular flexibility index (Phi) is 8.49. The van der Waals surface area contributed by atoms with Crippen molar-refractivity contribution < 1.29 is 17.9 Å². The number of rotatable bonds is 10. The van der Waals surface area contributed by atoms with E-state index in [9.17, 15) is 8.76 Å². The van der Waals surface area contributed by atoms with Crippen molar-refractivity contribution in [3.05, 3.63) is 99.6 Å². The summed E-state index contributed by atoms with van der Waals surface area (Å²) in [6, 6.07) is 19.9. The van der Waals surface area contributed by atoms with Gasteiger partial charge in [0.15, 0.2) is 11.6 Å². The Morgan fingerprint density at radius 3 is 2.67 bits per heavy atom. The molecule has 39 heavy (non-hydrogen) atoms. The molecule has 0 amide bonds. The number of nitrogens with one attached hydrogen (secondary N) is 1. The Balaban J connectivity index is 1.34. The Bertz CT molecular complexity index is 1440. The van der Waals surface area contributed by atoms with Gasteiger partial charge in [-0.1, -0.05) is 54.1 Å². The summed E-state index contributed by atoms with van der Waals surface area (Å²) in [4.78, 5) is 6.16. The maximum absolute atomic E-state index is 15.5. The van der Waals surface area contributed by atoms with Gasteiger partial charge in [-0.3, -0.25) is 4.90 Å². The largest absolute Gasteiger partial charge is 0.497 e. The molecule has 4 aromatic rings. The third-order valence-corrected chi connectivity index (χ3v) is 9.33. The molecular weight excluding hydrogens is 559 g/mol. The SMILES string of the molecule is COc1ccc(CN(c2cscn2)[S+](=O)(O)c2cc(Cl)c(N[C@H]3CCN(Cc4ccccc4)C3)cc2F)cc1. The Morgan fingerprint density at radius 2 is 1.97 bits per heavy atom. The molecule has 1 unspecified atom stereocenters. The van der Waals surface area contributed by atoms with Gasteiger partial charge in [-0.15, -0.1) is 15.6 Å². The minimum atomic E-state index is -4.08.